The molecule has 0 saturated carbocycles. The average Bonchev–Trinajstić information content (AvgIpc) is 3.87. The number of nitro groups is 2. The summed E-state index contributed by atoms with van der Waals surface area (Å²) >= 11 is 0. The van der Waals surface area contributed by atoms with Crippen molar-refractivity contribution in [2.45, 2.75) is 50.5 Å². The van der Waals surface area contributed by atoms with Gasteiger partial charge in [-0.15, -0.1) is 0 Å². The van der Waals surface area contributed by atoms with Gasteiger partial charge in [-0.25, -0.2) is 0 Å². The third-order valence-corrected chi connectivity index (χ3v) is 12.9. The molecule has 2 N–H and O–H groups in total. The molecular weight excluding hydrogens is 931 g/mol. The lowest BCUT2D eigenvalue weighted by molar-refractivity contribution is -0.384. The van der Waals surface area contributed by atoms with Gasteiger partial charge >= 0.3 is 12.4 Å². The molecule has 2 atom stereocenters. The van der Waals surface area contributed by atoms with Crippen molar-refractivity contribution in [3.8, 4) is 0 Å². The summed E-state index contributed by atoms with van der Waals surface area (Å²) < 4.78 is 89.8. The first-order valence-corrected chi connectivity index (χ1v) is 22.2. The second-order valence-corrected chi connectivity index (χ2v) is 17.5. The Hall–Kier alpha value is -6.88. The number of halogens is 6. The highest BCUT2D eigenvalue weighted by Gasteiger charge is 2.58. The Morgan fingerprint density at radius 1 is 0.543 bits per heavy atom. The van der Waals surface area contributed by atoms with Crippen LogP contribution in [-0.2, 0) is 33.9 Å². The van der Waals surface area contributed by atoms with Gasteiger partial charge in [-0.1, -0.05) is 60.7 Å². The molecule has 0 spiro atoms. The van der Waals surface area contributed by atoms with E-state index in [4.69, 9.17) is 0 Å². The minimum absolute atomic E-state index is 0.0914. The summed E-state index contributed by atoms with van der Waals surface area (Å²) in [6.45, 7) is 3.54. The molecule has 4 heterocycles. The number of rotatable bonds is 12. The summed E-state index contributed by atoms with van der Waals surface area (Å²) in [5, 5.41) is 45.3. The molecule has 0 radical (unpaired) electrons. The van der Waals surface area contributed by atoms with Crippen molar-refractivity contribution in [1.29, 1.82) is 0 Å². The van der Waals surface area contributed by atoms with Crippen molar-refractivity contribution < 1.29 is 56.0 Å². The number of fused-ring (bicyclic) bond motifs is 2. The first kappa shape index (κ1) is 51.0. The molecule has 2 aliphatic heterocycles. The van der Waals surface area contributed by atoms with Gasteiger partial charge in [-0.3, -0.25) is 39.6 Å². The molecule has 2 aliphatic rings. The van der Waals surface area contributed by atoms with Gasteiger partial charge in [-0.2, -0.15) is 26.3 Å². The molecule has 2 saturated heterocycles. The summed E-state index contributed by atoms with van der Waals surface area (Å²) in [5.41, 5.74) is -5.65. The predicted octanol–water partition coefficient (Wildman–Crippen LogP) is 7.02. The number of carbonyl (C=O) groups excluding carboxylic acids is 2. The van der Waals surface area contributed by atoms with Crippen LogP contribution in [0, 0.1) is 20.2 Å². The number of carbonyl (C=O) groups is 2. The van der Waals surface area contributed by atoms with E-state index >= 15 is 0 Å². The predicted molar refractivity (Wildman–Crippen MR) is 246 cm³/mol. The van der Waals surface area contributed by atoms with Crippen molar-refractivity contribution in [2.75, 3.05) is 65.4 Å². The van der Waals surface area contributed by atoms with Gasteiger partial charge in [0.1, 0.15) is 0 Å². The van der Waals surface area contributed by atoms with Gasteiger partial charge in [-0.05, 0) is 23.3 Å². The highest BCUT2D eigenvalue weighted by atomic mass is 19.4. The first-order valence-electron chi connectivity index (χ1n) is 22.2. The van der Waals surface area contributed by atoms with Crippen LogP contribution in [0.5, 0.6) is 0 Å². The van der Waals surface area contributed by atoms with Crippen LogP contribution in [0.4, 0.5) is 37.7 Å². The SMILES string of the molecule is CC(=O)N1CCN(CC(O)(c2cn(Cc3ccccc3)c3cc([N+](=O)[O-])ccc23)C(F)(F)F)CC1.CC(=O)N1CCN(CC(O)(c2cn(Cc3ccccc3)c3cc([N+](=O)[O-])ccc23)C(F)(F)F)CC1. The Bertz CT molecular complexity index is 2670. The molecule has 2 unspecified atom stereocenters. The van der Waals surface area contributed by atoms with Crippen molar-refractivity contribution >= 4 is 45.0 Å². The lowest BCUT2D eigenvalue weighted by Gasteiger charge is -2.39. The quantitative estimate of drug-likeness (QED) is 0.0734. The van der Waals surface area contributed by atoms with Crippen molar-refractivity contribution in [2.24, 2.45) is 0 Å². The molecule has 2 fully saturated rings. The monoisotopic (exact) mass is 980 g/mol. The molecular formula is C48H50F6N8O8. The Morgan fingerprint density at radius 2 is 0.871 bits per heavy atom. The molecule has 4 aromatic carbocycles. The summed E-state index contributed by atoms with van der Waals surface area (Å²) in [5.74, 6) is -0.303. The minimum atomic E-state index is -5.02. The number of benzene rings is 4. The van der Waals surface area contributed by atoms with Crippen molar-refractivity contribution in [3.05, 3.63) is 152 Å². The van der Waals surface area contributed by atoms with Crippen LogP contribution in [0.1, 0.15) is 36.1 Å². The number of piperazine rings is 2. The van der Waals surface area contributed by atoms with Crippen LogP contribution in [0.15, 0.2) is 109 Å². The number of alkyl halides is 6. The van der Waals surface area contributed by atoms with Gasteiger partial charge in [0.2, 0.25) is 23.0 Å². The molecule has 16 nitrogen and oxygen atoms in total. The maximum atomic E-state index is 14.5. The lowest BCUT2D eigenvalue weighted by Crippen LogP contribution is -2.56. The zero-order chi connectivity index (χ0) is 50.8. The van der Waals surface area contributed by atoms with Crippen LogP contribution < -0.4 is 0 Å². The smallest absolute Gasteiger partial charge is 0.375 e. The van der Waals surface area contributed by atoms with E-state index in [0.717, 1.165) is 23.3 Å². The van der Waals surface area contributed by atoms with E-state index < -0.39 is 46.5 Å². The van der Waals surface area contributed by atoms with Gasteiger partial charge in [0.25, 0.3) is 11.4 Å². The Labute approximate surface area is 396 Å². The number of aromatic nitrogens is 2. The fraction of sp³-hybridized carbons (Fsp3) is 0.375. The zero-order valence-corrected chi connectivity index (χ0v) is 38.1. The second kappa shape index (κ2) is 20.2. The molecule has 372 valence electrons. The van der Waals surface area contributed by atoms with E-state index in [-0.39, 0.29) is 122 Å². The summed E-state index contributed by atoms with van der Waals surface area (Å²) in [6.07, 6.45) is -7.56. The Kier molecular flexibility index (Phi) is 14.7. The average molecular weight is 981 g/mol. The van der Waals surface area contributed by atoms with Crippen molar-refractivity contribution in [3.63, 3.8) is 0 Å². The van der Waals surface area contributed by atoms with Crippen LogP contribution in [0.3, 0.4) is 0 Å². The summed E-state index contributed by atoms with van der Waals surface area (Å²) in [7, 11) is 0. The lowest BCUT2D eigenvalue weighted by atomic mass is 9.91. The number of nitro benzene ring substituents is 2. The van der Waals surface area contributed by atoms with E-state index in [2.05, 4.69) is 0 Å². The molecule has 0 aliphatic carbocycles. The van der Waals surface area contributed by atoms with Gasteiger partial charge in [0.05, 0.1) is 20.9 Å². The number of non-ortho nitro benzene ring substituents is 2. The van der Waals surface area contributed by atoms with Gasteiger partial charge in [0.15, 0.2) is 0 Å². The largest absolute Gasteiger partial charge is 0.422 e. The third kappa shape index (κ3) is 10.8. The number of β-amino-alcohol motifs (C(OH)–C–C–N with tert-alkyl or cyclic N) is 2. The number of hydrogen-bond donors (Lipinski definition) is 2. The molecule has 22 heteroatoms. The normalized spacial score (nSPS) is 16.9. The molecule has 2 amide bonds. The topological polar surface area (TPSA) is 184 Å². The number of amides is 2. The molecule has 70 heavy (non-hydrogen) atoms. The Balaban J connectivity index is 0.000000206. The van der Waals surface area contributed by atoms with Gasteiger partial charge in [0, 0.05) is 151 Å². The van der Waals surface area contributed by atoms with Crippen LogP contribution in [0.2, 0.25) is 0 Å². The highest BCUT2D eigenvalue weighted by Crippen LogP contribution is 2.46. The highest BCUT2D eigenvalue weighted by molar-refractivity contribution is 5.88. The zero-order valence-electron chi connectivity index (χ0n) is 38.1. The molecule has 2 aromatic heterocycles. The third-order valence-electron chi connectivity index (χ3n) is 12.9. The maximum Gasteiger partial charge on any atom is 0.422 e. The van der Waals surface area contributed by atoms with Crippen LogP contribution in [-0.4, -0.2) is 138 Å². The minimum Gasteiger partial charge on any atom is -0.375 e. The first-order chi connectivity index (χ1) is 33.0. The molecule has 6 aromatic rings. The summed E-state index contributed by atoms with van der Waals surface area (Å²) in [6, 6.07) is 25.2. The van der Waals surface area contributed by atoms with Crippen molar-refractivity contribution in [1.82, 2.24) is 28.7 Å². The standard InChI is InChI=1S/2C24H25F3N4O4/c2*1-17(32)29-11-9-28(10-12-29)16-23(33,24(25,26)27)21-15-30(14-18-5-3-2-4-6-18)22-13-19(31(34)35)7-8-20(21)22/h2*2-8,13,15,33H,9-12,14,16H2,1H3. The number of nitrogens with zero attached hydrogens (tertiary/aromatic N) is 8. The van der Waals surface area contributed by atoms with E-state index in [1.165, 1.54) is 69.4 Å². The second-order valence-electron chi connectivity index (χ2n) is 17.5. The Morgan fingerprint density at radius 3 is 1.16 bits per heavy atom. The van der Waals surface area contributed by atoms with E-state index in [9.17, 15) is 66.4 Å². The summed E-state index contributed by atoms with van der Waals surface area (Å²) in [4.78, 5) is 50.7. The molecule has 0 bridgehead atoms. The number of aliphatic hydroxyl groups is 2. The van der Waals surface area contributed by atoms with Crippen LogP contribution >= 0.6 is 0 Å². The van der Waals surface area contributed by atoms with Gasteiger partial charge < -0.3 is 29.1 Å². The maximum absolute atomic E-state index is 14.5. The van der Waals surface area contributed by atoms with E-state index in [0.29, 0.717) is 0 Å². The van der Waals surface area contributed by atoms with E-state index in [1.807, 2.05) is 12.1 Å². The fourth-order valence-electron chi connectivity index (χ4n) is 9.01. The van der Waals surface area contributed by atoms with Crippen LogP contribution in [0.25, 0.3) is 21.8 Å². The molecule has 8 rings (SSSR count). The van der Waals surface area contributed by atoms with E-state index in [1.54, 1.807) is 58.3 Å². The number of hydrogen-bond acceptors (Lipinski definition) is 10. The fourth-order valence-corrected chi connectivity index (χ4v) is 9.01.